The summed E-state index contributed by atoms with van der Waals surface area (Å²) in [7, 11) is 0. The van der Waals surface area contributed by atoms with Crippen molar-refractivity contribution < 1.29 is 4.79 Å². The molecule has 0 unspecified atom stereocenters. The average Bonchev–Trinajstić information content (AvgIpc) is 3.41. The van der Waals surface area contributed by atoms with Gasteiger partial charge in [-0.05, 0) is 37.0 Å². The topological polar surface area (TPSA) is 45.2 Å². The summed E-state index contributed by atoms with van der Waals surface area (Å²) in [6.45, 7) is 4.26. The van der Waals surface area contributed by atoms with Gasteiger partial charge in [-0.15, -0.1) is 11.3 Å². The van der Waals surface area contributed by atoms with Crippen LogP contribution in [-0.4, -0.2) is 24.0 Å². The van der Waals surface area contributed by atoms with Crippen LogP contribution in [0.4, 0.5) is 11.4 Å². The summed E-state index contributed by atoms with van der Waals surface area (Å²) in [5.74, 6) is -0.0233. The third-order valence-electron chi connectivity index (χ3n) is 5.13. The van der Waals surface area contributed by atoms with E-state index in [1.807, 2.05) is 23.6 Å². The Morgan fingerprint density at radius 3 is 2.61 bits per heavy atom. The van der Waals surface area contributed by atoms with Crippen molar-refractivity contribution >= 4 is 28.6 Å². The number of hydrogen-bond donors (Lipinski definition) is 1. The van der Waals surface area contributed by atoms with Gasteiger partial charge in [0.2, 0.25) is 5.91 Å². The first kappa shape index (κ1) is 18.7. The van der Waals surface area contributed by atoms with Gasteiger partial charge < -0.3 is 10.2 Å². The number of nitrogens with zero attached hydrogens (tertiary/aromatic N) is 2. The molecule has 28 heavy (non-hydrogen) atoms. The number of amides is 1. The normalized spacial score (nSPS) is 13.7. The lowest BCUT2D eigenvalue weighted by Gasteiger charge is -2.21. The number of carbonyl (C=O) groups is 1. The molecule has 1 aliphatic rings. The highest BCUT2D eigenvalue weighted by Gasteiger charge is 2.17. The van der Waals surface area contributed by atoms with Crippen LogP contribution in [0.3, 0.4) is 0 Å². The monoisotopic (exact) mass is 391 g/mol. The maximum absolute atomic E-state index is 12.6. The Bertz CT molecular complexity index is 942. The third kappa shape index (κ3) is 4.25. The zero-order chi connectivity index (χ0) is 19.3. The highest BCUT2D eigenvalue weighted by molar-refractivity contribution is 7.13. The summed E-state index contributed by atoms with van der Waals surface area (Å²) in [6.07, 6.45) is 3.74. The zero-order valence-corrected chi connectivity index (χ0v) is 17.0. The molecule has 1 amide bonds. The number of aromatic nitrogens is 1. The fourth-order valence-electron chi connectivity index (χ4n) is 3.58. The highest BCUT2D eigenvalue weighted by atomic mass is 32.1. The van der Waals surface area contributed by atoms with Crippen LogP contribution in [0.2, 0.25) is 0 Å². The van der Waals surface area contributed by atoms with Crippen LogP contribution < -0.4 is 10.2 Å². The van der Waals surface area contributed by atoms with Gasteiger partial charge in [-0.1, -0.05) is 43.3 Å². The van der Waals surface area contributed by atoms with Gasteiger partial charge in [-0.3, -0.25) is 4.79 Å². The molecule has 1 aliphatic heterocycles. The Labute approximate surface area is 170 Å². The molecule has 1 saturated heterocycles. The van der Waals surface area contributed by atoms with E-state index < -0.39 is 0 Å². The van der Waals surface area contributed by atoms with Crippen LogP contribution in [0.25, 0.3) is 10.6 Å². The molecule has 0 atom stereocenters. The van der Waals surface area contributed by atoms with Crippen molar-refractivity contribution in [3.63, 3.8) is 0 Å². The van der Waals surface area contributed by atoms with Gasteiger partial charge in [-0.2, -0.15) is 0 Å². The first-order valence-corrected chi connectivity index (χ1v) is 10.8. The largest absolute Gasteiger partial charge is 0.370 e. The van der Waals surface area contributed by atoms with Gasteiger partial charge in [0.15, 0.2) is 0 Å². The summed E-state index contributed by atoms with van der Waals surface area (Å²) < 4.78 is 0. The first-order valence-electron chi connectivity index (χ1n) is 9.90. The summed E-state index contributed by atoms with van der Waals surface area (Å²) in [4.78, 5) is 19.6. The van der Waals surface area contributed by atoms with Crippen LogP contribution in [0.15, 0.2) is 53.9 Å². The second-order valence-electron chi connectivity index (χ2n) is 7.13. The Balaban J connectivity index is 1.43. The van der Waals surface area contributed by atoms with Gasteiger partial charge in [0.25, 0.3) is 0 Å². The van der Waals surface area contributed by atoms with Crippen molar-refractivity contribution in [1.82, 2.24) is 4.98 Å². The van der Waals surface area contributed by atoms with Crippen LogP contribution in [0.5, 0.6) is 0 Å². The minimum absolute atomic E-state index is 0.0233. The number of nitrogens with one attached hydrogen (secondary N) is 1. The molecular formula is C23H25N3OS. The number of thiazole rings is 1. The molecule has 0 spiro atoms. The van der Waals surface area contributed by atoms with E-state index in [0.717, 1.165) is 47.2 Å². The fraction of sp³-hybridized carbons (Fsp3) is 0.304. The Morgan fingerprint density at radius 2 is 1.86 bits per heavy atom. The van der Waals surface area contributed by atoms with E-state index in [1.54, 1.807) is 11.3 Å². The summed E-state index contributed by atoms with van der Waals surface area (Å²) in [5, 5.41) is 6.03. The number of anilines is 2. The molecule has 5 heteroatoms. The average molecular weight is 392 g/mol. The first-order chi connectivity index (χ1) is 13.7. The summed E-state index contributed by atoms with van der Waals surface area (Å²) in [6, 6.07) is 16.5. The molecule has 1 aromatic heterocycles. The molecule has 2 heterocycles. The summed E-state index contributed by atoms with van der Waals surface area (Å²) in [5.41, 5.74) is 5.24. The molecule has 3 aromatic rings. The number of aryl methyl sites for hydroxylation is 1. The second kappa shape index (κ2) is 8.57. The molecule has 1 N–H and O–H groups in total. The van der Waals surface area contributed by atoms with Crippen LogP contribution in [0.1, 0.15) is 31.0 Å². The molecule has 0 aliphatic carbocycles. The van der Waals surface area contributed by atoms with Crippen molar-refractivity contribution in [2.45, 2.75) is 32.6 Å². The van der Waals surface area contributed by atoms with E-state index in [2.05, 4.69) is 52.5 Å². The van der Waals surface area contributed by atoms with E-state index in [4.69, 9.17) is 0 Å². The van der Waals surface area contributed by atoms with Crippen molar-refractivity contribution in [3.8, 4) is 10.6 Å². The van der Waals surface area contributed by atoms with Crippen LogP contribution >= 0.6 is 11.3 Å². The summed E-state index contributed by atoms with van der Waals surface area (Å²) >= 11 is 1.59. The lowest BCUT2D eigenvalue weighted by atomic mass is 10.1. The van der Waals surface area contributed by atoms with Gasteiger partial charge in [-0.25, -0.2) is 4.98 Å². The van der Waals surface area contributed by atoms with Gasteiger partial charge >= 0.3 is 0 Å². The van der Waals surface area contributed by atoms with Crippen molar-refractivity contribution in [1.29, 1.82) is 0 Å². The fourth-order valence-corrected chi connectivity index (χ4v) is 4.40. The Hall–Kier alpha value is -2.66. The van der Waals surface area contributed by atoms with E-state index in [-0.39, 0.29) is 12.3 Å². The van der Waals surface area contributed by atoms with Gasteiger partial charge in [0, 0.05) is 24.0 Å². The van der Waals surface area contributed by atoms with Crippen molar-refractivity contribution in [2.75, 3.05) is 23.3 Å². The molecule has 2 aromatic carbocycles. The van der Waals surface area contributed by atoms with Crippen LogP contribution in [-0.2, 0) is 17.6 Å². The Kier molecular flexibility index (Phi) is 5.72. The molecule has 0 radical (unpaired) electrons. The molecular weight excluding hydrogens is 366 g/mol. The third-order valence-corrected chi connectivity index (χ3v) is 6.07. The number of benzene rings is 2. The predicted molar refractivity (Wildman–Crippen MR) is 117 cm³/mol. The highest BCUT2D eigenvalue weighted by Crippen LogP contribution is 2.29. The van der Waals surface area contributed by atoms with Crippen LogP contribution in [0, 0.1) is 0 Å². The number of hydrogen-bond acceptors (Lipinski definition) is 4. The van der Waals surface area contributed by atoms with Crippen molar-refractivity contribution in [2.24, 2.45) is 0 Å². The maximum atomic E-state index is 12.6. The second-order valence-corrected chi connectivity index (χ2v) is 7.99. The zero-order valence-electron chi connectivity index (χ0n) is 16.1. The molecule has 1 fully saturated rings. The molecule has 0 saturated carbocycles. The van der Waals surface area contributed by atoms with Gasteiger partial charge in [0.05, 0.1) is 23.5 Å². The molecule has 144 valence electrons. The smallest absolute Gasteiger partial charge is 0.230 e. The Morgan fingerprint density at radius 1 is 1.11 bits per heavy atom. The molecule has 4 rings (SSSR count). The number of rotatable bonds is 6. The minimum atomic E-state index is -0.0233. The molecule has 4 nitrogen and oxygen atoms in total. The standard InChI is InChI=1S/C23H25N3OS/c1-2-17-9-11-18(12-10-17)23-24-19(16-28-23)15-22(27)25-20-7-3-4-8-21(20)26-13-5-6-14-26/h3-4,7-12,16H,2,5-6,13-15H2,1H3,(H,25,27). The number of carbonyl (C=O) groups excluding carboxylic acids is 1. The minimum Gasteiger partial charge on any atom is -0.370 e. The predicted octanol–water partition coefficient (Wildman–Crippen LogP) is 5.15. The quantitative estimate of drug-likeness (QED) is 0.632. The van der Waals surface area contributed by atoms with E-state index in [0.29, 0.717) is 0 Å². The van der Waals surface area contributed by atoms with E-state index in [9.17, 15) is 4.79 Å². The van der Waals surface area contributed by atoms with Crippen molar-refractivity contribution in [3.05, 3.63) is 65.2 Å². The van der Waals surface area contributed by atoms with E-state index in [1.165, 1.54) is 18.4 Å². The molecule has 0 bridgehead atoms. The van der Waals surface area contributed by atoms with E-state index >= 15 is 0 Å². The maximum Gasteiger partial charge on any atom is 0.230 e. The lowest BCUT2D eigenvalue weighted by Crippen LogP contribution is -2.21. The lowest BCUT2D eigenvalue weighted by molar-refractivity contribution is -0.115. The number of para-hydroxylation sites is 2. The van der Waals surface area contributed by atoms with Gasteiger partial charge in [0.1, 0.15) is 5.01 Å². The SMILES string of the molecule is CCc1ccc(-c2nc(CC(=O)Nc3ccccc3N3CCCC3)cs2)cc1.